The number of nitrogens with zero attached hydrogens (tertiary/aromatic N) is 13. The number of anilines is 6. The van der Waals surface area contributed by atoms with Gasteiger partial charge < -0.3 is 29.9 Å². The molecule has 422 valence electrons. The van der Waals surface area contributed by atoms with Crippen LogP contribution in [0.5, 0.6) is 11.5 Å². The fourth-order valence-electron chi connectivity index (χ4n) is 9.04. The minimum atomic E-state index is -4.57. The van der Waals surface area contributed by atoms with Crippen LogP contribution >= 0.6 is 34.8 Å². The summed E-state index contributed by atoms with van der Waals surface area (Å²) in [6.45, 7) is 29.9. The number of ether oxygens (including phenoxy) is 2. The van der Waals surface area contributed by atoms with Crippen molar-refractivity contribution in [3.05, 3.63) is 94.6 Å². The van der Waals surface area contributed by atoms with E-state index in [1.807, 2.05) is 39.8 Å². The zero-order chi connectivity index (χ0) is 58.2. The number of azo groups is 2. The van der Waals surface area contributed by atoms with Crippen LogP contribution in [0.3, 0.4) is 0 Å². The molecule has 0 bridgehead atoms. The molecule has 0 amide bonds. The lowest BCUT2D eigenvalue weighted by atomic mass is 10.0. The first-order valence-corrected chi connectivity index (χ1v) is 30.8. The van der Waals surface area contributed by atoms with Crippen LogP contribution in [0.2, 0.25) is 0 Å². The second-order valence-electron chi connectivity index (χ2n) is 18.2. The molecular weight excluding hydrogens is 1140 g/mol. The number of methoxy groups -OCH3 is 2. The van der Waals surface area contributed by atoms with Crippen LogP contribution in [-0.2, 0) is 20.2 Å². The predicted molar refractivity (Wildman–Crippen MR) is 317 cm³/mol. The van der Waals surface area contributed by atoms with E-state index in [2.05, 4.69) is 59.3 Å². The molecule has 4 N–H and O–H groups in total. The van der Waals surface area contributed by atoms with Crippen LogP contribution in [0.1, 0.15) is 70.9 Å². The molecule has 4 aromatic carbocycles. The number of aromatic nitrogens is 5. The molecular formula is C53H57N15O8S5. The monoisotopic (exact) mass is 1190 g/mol. The van der Waals surface area contributed by atoms with Crippen molar-refractivity contribution in [3.8, 4) is 34.0 Å². The van der Waals surface area contributed by atoms with Crippen LogP contribution < -0.4 is 29.9 Å². The highest BCUT2D eigenvalue weighted by Crippen LogP contribution is 2.48. The first kappa shape index (κ1) is 59.4. The summed E-state index contributed by atoms with van der Waals surface area (Å²) in [7, 11) is -6.03. The van der Waals surface area contributed by atoms with Crippen molar-refractivity contribution in [1.29, 1.82) is 0 Å². The summed E-state index contributed by atoms with van der Waals surface area (Å²) in [5, 5.41) is 26.1. The van der Waals surface area contributed by atoms with E-state index in [-0.39, 0.29) is 71.1 Å². The van der Waals surface area contributed by atoms with Gasteiger partial charge in [-0.25, -0.2) is 18.4 Å². The Morgan fingerprint density at radius 2 is 1.06 bits per heavy atom. The molecule has 8 rings (SSSR count). The Bertz CT molecular complexity index is 3630. The van der Waals surface area contributed by atoms with E-state index in [0.29, 0.717) is 76.5 Å². The fourth-order valence-corrected chi connectivity index (χ4v) is 13.0. The van der Waals surface area contributed by atoms with Gasteiger partial charge in [0.25, 0.3) is 31.6 Å². The van der Waals surface area contributed by atoms with Gasteiger partial charge in [-0.3, -0.25) is 9.11 Å². The Morgan fingerprint density at radius 3 is 1.43 bits per heavy atom. The molecule has 3 heterocycles. The molecule has 7 aromatic rings. The minimum Gasteiger partial charge on any atom is -0.494 e. The highest BCUT2D eigenvalue weighted by atomic mass is 32.2. The maximum Gasteiger partial charge on any atom is 0.294 e. The molecule has 0 saturated heterocycles. The number of rotatable bonds is 22. The Balaban J connectivity index is 1.23. The lowest BCUT2D eigenvalue weighted by Crippen LogP contribution is -2.22. The molecule has 1 aliphatic rings. The number of hydrogen-bond acceptors (Lipinski definition) is 22. The highest BCUT2D eigenvalue weighted by molar-refractivity contribution is 7.99. The molecule has 28 heteroatoms. The SMILES string of the molecule is [C-]#[N+]c1c(-c2ccc(C)c(S(=O)(=O)O)c2)nsc1N=Nc1cc(OC)c(N(CC)CC)cc1Nc1nc(Nc2cc(N(CC)CC)c(OC)cc2N=Nc2snc(-c3ccc(C)c(S(=O)(=O)O)c3)c2[N+]#[C-])nc(SC2CCCCC2)n1. The van der Waals surface area contributed by atoms with Gasteiger partial charge in [0.1, 0.15) is 22.9 Å². The third-order valence-corrected chi connectivity index (χ3v) is 17.9. The van der Waals surface area contributed by atoms with Crippen molar-refractivity contribution in [2.75, 3.05) is 60.8 Å². The number of nitrogens with one attached hydrogen (secondary N) is 2. The summed E-state index contributed by atoms with van der Waals surface area (Å²) in [6, 6.07) is 15.9. The van der Waals surface area contributed by atoms with E-state index in [4.69, 9.17) is 37.6 Å². The number of thioether (sulfide) groups is 1. The van der Waals surface area contributed by atoms with Crippen molar-refractivity contribution < 1.29 is 35.4 Å². The molecule has 0 aliphatic heterocycles. The Labute approximate surface area is 482 Å². The summed E-state index contributed by atoms with van der Waals surface area (Å²) in [4.78, 5) is 25.9. The number of aryl methyl sites for hydroxylation is 2. The standard InChI is InChI=1S/C53H57N15O8S5/c1-11-67(12-2)39-26-35(37(28-41(39)75-9)61-63-49-47(54-7)45(65-78-49)32-22-20-30(5)43(24-32)80(69,70)71)56-51-58-52(60-53(59-51)77-34-18-16-15-17-19-34)57-36-27-40(68(13-3)14-4)42(76-10)29-38(36)62-64-50-48(55-8)46(66-79-50)33-23-21-31(6)44(25-33)81(72,73)74/h20-29,34H,11-19H2,1-6,9-10H3,(H,69,70,71)(H,72,73,74)(H2,56,57,58,59,60). The average Bonchev–Trinajstić information content (AvgIpc) is 4.14. The Kier molecular flexibility index (Phi) is 18.9. The lowest BCUT2D eigenvalue weighted by molar-refractivity contribution is 0.414. The van der Waals surface area contributed by atoms with Gasteiger partial charge in [0, 0.05) is 43.6 Å². The quantitative estimate of drug-likeness (QED) is 0.0279. The summed E-state index contributed by atoms with van der Waals surface area (Å²) < 4.78 is 89.4. The van der Waals surface area contributed by atoms with Crippen LogP contribution in [0.25, 0.3) is 32.2 Å². The van der Waals surface area contributed by atoms with Gasteiger partial charge in [-0.15, -0.1) is 20.5 Å². The second kappa shape index (κ2) is 25.8. The second-order valence-corrected chi connectivity index (χ2v) is 23.8. The maximum absolute atomic E-state index is 12.2. The van der Waals surface area contributed by atoms with Crippen LogP contribution in [0.4, 0.5) is 67.4 Å². The average molecular weight is 1190 g/mol. The first-order valence-electron chi connectivity index (χ1n) is 25.5. The van der Waals surface area contributed by atoms with E-state index in [1.165, 1.54) is 24.3 Å². The molecule has 3 aromatic heterocycles. The topological polar surface area (TPSA) is 280 Å². The van der Waals surface area contributed by atoms with Crippen molar-refractivity contribution in [3.63, 3.8) is 0 Å². The number of benzene rings is 4. The predicted octanol–water partition coefficient (Wildman–Crippen LogP) is 14.8. The van der Waals surface area contributed by atoms with Crippen molar-refractivity contribution in [2.45, 2.75) is 93.8 Å². The van der Waals surface area contributed by atoms with Gasteiger partial charge in [0.15, 0.2) is 15.2 Å². The normalized spacial score (nSPS) is 13.1. The van der Waals surface area contributed by atoms with E-state index < -0.39 is 20.2 Å². The highest BCUT2D eigenvalue weighted by Gasteiger charge is 2.25. The first-order chi connectivity index (χ1) is 38.8. The Hall–Kier alpha value is -7.70. The third-order valence-electron chi connectivity index (χ3n) is 13.2. The van der Waals surface area contributed by atoms with E-state index in [0.717, 1.165) is 66.5 Å². The van der Waals surface area contributed by atoms with Crippen molar-refractivity contribution in [1.82, 2.24) is 23.7 Å². The van der Waals surface area contributed by atoms with Gasteiger partial charge in [-0.1, -0.05) is 55.3 Å². The van der Waals surface area contributed by atoms with Gasteiger partial charge >= 0.3 is 0 Å². The van der Waals surface area contributed by atoms with Crippen LogP contribution in [0.15, 0.2) is 96.1 Å². The fraction of sp³-hybridized carbons (Fsp3) is 0.340. The molecule has 0 spiro atoms. The van der Waals surface area contributed by atoms with Gasteiger partial charge in [0.05, 0.1) is 71.3 Å². The molecule has 0 unspecified atom stereocenters. The Morgan fingerprint density at radius 1 is 0.642 bits per heavy atom. The van der Waals surface area contributed by atoms with Gasteiger partial charge in [-0.2, -0.15) is 31.8 Å². The van der Waals surface area contributed by atoms with E-state index in [1.54, 1.807) is 64.1 Å². The molecule has 1 aliphatic carbocycles. The van der Waals surface area contributed by atoms with Gasteiger partial charge in [-0.05, 0) is 124 Å². The zero-order valence-electron chi connectivity index (χ0n) is 45.4. The van der Waals surface area contributed by atoms with Crippen molar-refractivity contribution >= 4 is 122 Å². The summed E-state index contributed by atoms with van der Waals surface area (Å²) >= 11 is 3.34. The molecule has 1 saturated carbocycles. The maximum atomic E-state index is 12.2. The van der Waals surface area contributed by atoms with Crippen LogP contribution in [0, 0.1) is 27.0 Å². The smallest absolute Gasteiger partial charge is 0.294 e. The lowest BCUT2D eigenvalue weighted by Gasteiger charge is -2.25. The molecule has 0 atom stereocenters. The molecule has 81 heavy (non-hydrogen) atoms. The third kappa shape index (κ3) is 13.6. The van der Waals surface area contributed by atoms with Gasteiger partial charge in [0.2, 0.25) is 11.9 Å². The molecule has 23 nitrogen and oxygen atoms in total. The minimum absolute atomic E-state index is 0.0250. The van der Waals surface area contributed by atoms with Crippen LogP contribution in [-0.4, -0.2) is 95.3 Å². The zero-order valence-corrected chi connectivity index (χ0v) is 49.5. The molecule has 1 fully saturated rings. The summed E-state index contributed by atoms with van der Waals surface area (Å²) in [6.07, 6.45) is 5.24. The number of hydrogen-bond donors (Lipinski definition) is 4. The van der Waals surface area contributed by atoms with E-state index >= 15 is 0 Å². The van der Waals surface area contributed by atoms with E-state index in [9.17, 15) is 25.9 Å². The van der Waals surface area contributed by atoms with Crippen molar-refractivity contribution in [2.24, 2.45) is 20.5 Å². The largest absolute Gasteiger partial charge is 0.494 e. The molecule has 0 radical (unpaired) electrons. The summed E-state index contributed by atoms with van der Waals surface area (Å²) in [5.74, 6) is 1.26. The summed E-state index contributed by atoms with van der Waals surface area (Å²) in [5.41, 5.74) is 4.48.